The maximum absolute atomic E-state index is 12.7. The number of carbonyl (C=O) groups is 2. The highest BCUT2D eigenvalue weighted by Crippen LogP contribution is 2.20. The third kappa shape index (κ3) is 5.22. The lowest BCUT2D eigenvalue weighted by molar-refractivity contribution is 0.0599. The van der Waals surface area contributed by atoms with Gasteiger partial charge in [-0.2, -0.15) is 9.97 Å². The van der Waals surface area contributed by atoms with Crippen molar-refractivity contribution in [1.82, 2.24) is 14.4 Å². The molecule has 0 atom stereocenters. The summed E-state index contributed by atoms with van der Waals surface area (Å²) in [7, 11) is -0.765. The Bertz CT molecular complexity index is 989. The predicted octanol–water partition coefficient (Wildman–Crippen LogP) is 1.12. The smallest absolute Gasteiger partial charge is 0.440 e. The van der Waals surface area contributed by atoms with Gasteiger partial charge in [-0.25, -0.2) is 23.4 Å². The Morgan fingerprint density at radius 1 is 1.10 bits per heavy atom. The first kappa shape index (κ1) is 21.7. The fourth-order valence-electron chi connectivity index (χ4n) is 2.21. The van der Waals surface area contributed by atoms with Gasteiger partial charge in [0, 0.05) is 0 Å². The van der Waals surface area contributed by atoms with Crippen molar-refractivity contribution >= 4 is 28.0 Å². The minimum atomic E-state index is -4.52. The molecule has 0 aliphatic carbocycles. The van der Waals surface area contributed by atoms with Gasteiger partial charge in [-0.15, -0.1) is 4.41 Å². The van der Waals surface area contributed by atoms with Gasteiger partial charge >= 0.3 is 12.1 Å². The summed E-state index contributed by atoms with van der Waals surface area (Å²) in [5.74, 6) is -1.94. The Labute approximate surface area is 166 Å². The third-order valence-corrected chi connectivity index (χ3v) is 4.99. The van der Waals surface area contributed by atoms with E-state index >= 15 is 0 Å². The van der Waals surface area contributed by atoms with E-state index in [2.05, 4.69) is 20.1 Å². The van der Waals surface area contributed by atoms with Gasteiger partial charge < -0.3 is 19.3 Å². The molecule has 0 saturated heterocycles. The van der Waals surface area contributed by atoms with Crippen LogP contribution in [0.25, 0.3) is 0 Å². The van der Waals surface area contributed by atoms with Crippen LogP contribution in [0.5, 0.6) is 11.8 Å². The highest BCUT2D eigenvalue weighted by Gasteiger charge is 2.30. The second-order valence-electron chi connectivity index (χ2n) is 5.34. The lowest BCUT2D eigenvalue weighted by Crippen LogP contribution is -2.41. The summed E-state index contributed by atoms with van der Waals surface area (Å²) < 4.78 is 39.9. The highest BCUT2D eigenvalue weighted by molar-refractivity contribution is 7.88. The Morgan fingerprint density at radius 3 is 2.21 bits per heavy atom. The van der Waals surface area contributed by atoms with E-state index in [0.29, 0.717) is 0 Å². The number of nitrogens with one attached hydrogen (secondary N) is 1. The van der Waals surface area contributed by atoms with E-state index in [1.165, 1.54) is 44.6 Å². The van der Waals surface area contributed by atoms with Gasteiger partial charge in [-0.1, -0.05) is 18.2 Å². The van der Waals surface area contributed by atoms with Crippen LogP contribution in [-0.4, -0.2) is 61.3 Å². The van der Waals surface area contributed by atoms with E-state index in [-0.39, 0.29) is 27.3 Å². The first-order chi connectivity index (χ1) is 13.7. The highest BCUT2D eigenvalue weighted by atomic mass is 32.2. The molecule has 1 aromatic carbocycles. The van der Waals surface area contributed by atoms with Crippen LogP contribution in [0.4, 0.5) is 10.7 Å². The summed E-state index contributed by atoms with van der Waals surface area (Å²) in [6.45, 7) is 0. The van der Waals surface area contributed by atoms with E-state index < -0.39 is 33.8 Å². The Balaban J connectivity index is 2.38. The zero-order valence-corrected chi connectivity index (χ0v) is 16.5. The lowest BCUT2D eigenvalue weighted by atomic mass is 10.1. The largest absolute Gasteiger partial charge is 0.481 e. The lowest BCUT2D eigenvalue weighted by Gasteiger charge is -2.20. The van der Waals surface area contributed by atoms with Crippen LogP contribution in [0.15, 0.2) is 30.3 Å². The molecule has 0 aliphatic rings. The van der Waals surface area contributed by atoms with Crippen LogP contribution in [0.3, 0.4) is 0 Å². The van der Waals surface area contributed by atoms with Crippen molar-refractivity contribution in [3.63, 3.8) is 0 Å². The van der Waals surface area contributed by atoms with Crippen molar-refractivity contribution in [2.75, 3.05) is 26.8 Å². The van der Waals surface area contributed by atoms with Crippen molar-refractivity contribution in [2.45, 2.75) is 5.75 Å². The van der Waals surface area contributed by atoms with Crippen molar-refractivity contribution in [1.29, 1.82) is 0 Å². The summed E-state index contributed by atoms with van der Waals surface area (Å²) in [5.41, 5.74) is 2.14. The van der Waals surface area contributed by atoms with Gasteiger partial charge in [0.25, 0.3) is 10.0 Å². The number of hydrogen-bond acceptors (Lipinski definition) is 10. The number of anilines is 1. The normalized spacial score (nSPS) is 10.7. The van der Waals surface area contributed by atoms with E-state index in [0.717, 1.165) is 7.11 Å². The molecule has 0 unspecified atom stereocenters. The second kappa shape index (κ2) is 9.05. The van der Waals surface area contributed by atoms with Gasteiger partial charge in [0.15, 0.2) is 0 Å². The molecule has 1 aromatic heterocycles. The standard InChI is InChI=1S/C16H18N4O8S/c1-26-12-8-13(27-2)18-15(17-12)19-20(16(22)23)29(24,25)9-10-6-4-5-7-11(10)14(21)28-3/h4-8H,9H2,1-3H3,(H,22,23)(H,17,18,19). The monoisotopic (exact) mass is 426 g/mol. The molecule has 1 amide bonds. The zero-order valence-electron chi connectivity index (χ0n) is 15.6. The Morgan fingerprint density at radius 2 is 1.69 bits per heavy atom. The molecule has 2 aromatic rings. The van der Waals surface area contributed by atoms with Crippen LogP contribution in [0, 0.1) is 0 Å². The first-order valence-electron chi connectivity index (χ1n) is 7.87. The van der Waals surface area contributed by atoms with Crippen molar-refractivity contribution < 1.29 is 37.3 Å². The number of hydrogen-bond donors (Lipinski definition) is 2. The quantitative estimate of drug-likeness (QED) is 0.460. The van der Waals surface area contributed by atoms with Gasteiger partial charge in [-0.3, -0.25) is 0 Å². The molecule has 12 nitrogen and oxygen atoms in total. The van der Waals surface area contributed by atoms with Crippen molar-refractivity contribution in [3.8, 4) is 11.8 Å². The predicted molar refractivity (Wildman–Crippen MR) is 99.0 cm³/mol. The minimum absolute atomic E-state index is 0.0109. The number of rotatable bonds is 8. The first-order valence-corrected chi connectivity index (χ1v) is 9.48. The number of carbonyl (C=O) groups excluding carboxylic acids is 1. The molecule has 0 saturated carbocycles. The van der Waals surface area contributed by atoms with Crippen LogP contribution in [0.1, 0.15) is 15.9 Å². The number of aromatic nitrogens is 2. The SMILES string of the molecule is COC(=O)c1ccccc1CS(=O)(=O)N(Nc1nc(OC)cc(OC)n1)C(=O)O. The number of carboxylic acid groups (broad SMARTS) is 1. The molecule has 156 valence electrons. The number of amides is 1. The van der Waals surface area contributed by atoms with Crippen molar-refractivity contribution in [3.05, 3.63) is 41.5 Å². The van der Waals surface area contributed by atoms with Gasteiger partial charge in [-0.05, 0) is 11.6 Å². The van der Waals surface area contributed by atoms with Gasteiger partial charge in [0.1, 0.15) is 0 Å². The molecule has 0 aliphatic heterocycles. The maximum atomic E-state index is 12.7. The van der Waals surface area contributed by atoms with Crippen LogP contribution >= 0.6 is 0 Å². The molecular weight excluding hydrogens is 408 g/mol. The number of benzene rings is 1. The van der Waals surface area contributed by atoms with Crippen LogP contribution in [0.2, 0.25) is 0 Å². The van der Waals surface area contributed by atoms with E-state index in [1.54, 1.807) is 0 Å². The number of esters is 1. The maximum Gasteiger partial charge on any atom is 0.440 e. The summed E-state index contributed by atoms with van der Waals surface area (Å²) in [6, 6.07) is 7.08. The minimum Gasteiger partial charge on any atom is -0.481 e. The topological polar surface area (TPSA) is 157 Å². The van der Waals surface area contributed by atoms with E-state index in [9.17, 15) is 23.1 Å². The van der Waals surface area contributed by atoms with Crippen molar-refractivity contribution in [2.24, 2.45) is 0 Å². The molecule has 13 heteroatoms. The molecule has 1 heterocycles. The number of hydrazine groups is 1. The molecule has 0 fully saturated rings. The van der Waals surface area contributed by atoms with Crippen LogP contribution < -0.4 is 14.9 Å². The fraction of sp³-hybridized carbons (Fsp3) is 0.250. The number of methoxy groups -OCH3 is 3. The molecule has 0 bridgehead atoms. The van der Waals surface area contributed by atoms with Gasteiger partial charge in [0.05, 0.1) is 38.7 Å². The summed E-state index contributed by atoms with van der Waals surface area (Å²) in [6.07, 6.45) is -1.84. The zero-order chi connectivity index (χ0) is 21.6. The van der Waals surface area contributed by atoms with E-state index in [1.807, 2.05) is 0 Å². The summed E-state index contributed by atoms with van der Waals surface area (Å²) in [5, 5.41) is 9.40. The average Bonchev–Trinajstić information content (AvgIpc) is 2.70. The molecule has 0 spiro atoms. The summed E-state index contributed by atoms with van der Waals surface area (Å²) >= 11 is 0. The average molecular weight is 426 g/mol. The number of ether oxygens (including phenoxy) is 3. The molecule has 29 heavy (non-hydrogen) atoms. The molecule has 2 rings (SSSR count). The fourth-order valence-corrected chi connectivity index (χ4v) is 3.44. The Kier molecular flexibility index (Phi) is 6.77. The number of sulfonamides is 1. The molecular formula is C16H18N4O8S. The number of nitrogens with zero attached hydrogens (tertiary/aromatic N) is 3. The Hall–Kier alpha value is -3.61. The van der Waals surface area contributed by atoms with Crippen LogP contribution in [-0.2, 0) is 20.5 Å². The molecule has 2 N–H and O–H groups in total. The second-order valence-corrected chi connectivity index (χ2v) is 7.16. The summed E-state index contributed by atoms with van der Waals surface area (Å²) in [4.78, 5) is 31.1. The third-order valence-electron chi connectivity index (χ3n) is 3.51. The molecule has 0 radical (unpaired) electrons. The van der Waals surface area contributed by atoms with Gasteiger partial charge in [0.2, 0.25) is 17.7 Å². The van der Waals surface area contributed by atoms with E-state index in [4.69, 9.17) is 9.47 Å².